The molecule has 0 aliphatic carbocycles. The Morgan fingerprint density at radius 2 is 2.00 bits per heavy atom. The van der Waals surface area contributed by atoms with Gasteiger partial charge in [-0.25, -0.2) is 0 Å². The molecule has 0 amide bonds. The minimum Gasteiger partial charge on any atom is -0.312 e. The highest BCUT2D eigenvalue weighted by atomic mass is 32.1. The van der Waals surface area contributed by atoms with Crippen LogP contribution in [-0.4, -0.2) is 30.1 Å². The lowest BCUT2D eigenvalue weighted by Gasteiger charge is -2.33. The number of rotatable bonds is 7. The summed E-state index contributed by atoms with van der Waals surface area (Å²) in [4.78, 5) is 4.29. The van der Waals surface area contributed by atoms with Crippen molar-refractivity contribution < 1.29 is 0 Å². The third-order valence-electron chi connectivity index (χ3n) is 4.43. The van der Waals surface area contributed by atoms with Gasteiger partial charge in [-0.2, -0.15) is 0 Å². The van der Waals surface area contributed by atoms with Gasteiger partial charge in [0.2, 0.25) is 0 Å². The number of fused-ring (bicyclic) bond motifs is 1. The molecule has 2 rings (SSSR count). The molecule has 1 aliphatic heterocycles. The van der Waals surface area contributed by atoms with Crippen molar-refractivity contribution in [3.8, 4) is 0 Å². The topological polar surface area (TPSA) is 15.3 Å². The maximum absolute atomic E-state index is 3.57. The van der Waals surface area contributed by atoms with E-state index in [0.717, 1.165) is 6.54 Å². The highest BCUT2D eigenvalue weighted by Crippen LogP contribution is 2.32. The number of hydrogen-bond acceptors (Lipinski definition) is 3. The quantitative estimate of drug-likeness (QED) is 0.740. The first kappa shape index (κ1) is 17.0. The Hall–Kier alpha value is -0.380. The maximum atomic E-state index is 3.57. The normalized spacial score (nSPS) is 19.7. The summed E-state index contributed by atoms with van der Waals surface area (Å²) in [7, 11) is 0. The van der Waals surface area contributed by atoms with Gasteiger partial charge < -0.3 is 5.32 Å². The molecule has 2 heterocycles. The van der Waals surface area contributed by atoms with E-state index >= 15 is 0 Å². The first-order valence-corrected chi connectivity index (χ1v) is 9.41. The van der Waals surface area contributed by atoms with Crippen LogP contribution in [0, 0.1) is 0 Å². The largest absolute Gasteiger partial charge is 0.312 e. The van der Waals surface area contributed by atoms with Crippen molar-refractivity contribution in [1.29, 1.82) is 0 Å². The first-order valence-electron chi connectivity index (χ1n) is 8.53. The zero-order chi connectivity index (χ0) is 15.3. The summed E-state index contributed by atoms with van der Waals surface area (Å²) < 4.78 is 0. The second kappa shape index (κ2) is 7.75. The van der Waals surface area contributed by atoms with Gasteiger partial charge in [-0.15, -0.1) is 11.3 Å². The number of unbranched alkanes of at least 4 members (excludes halogenated alkanes) is 3. The van der Waals surface area contributed by atoms with E-state index in [-0.39, 0.29) is 5.54 Å². The van der Waals surface area contributed by atoms with Gasteiger partial charge in [-0.1, -0.05) is 12.8 Å². The van der Waals surface area contributed by atoms with E-state index in [9.17, 15) is 0 Å². The summed E-state index contributed by atoms with van der Waals surface area (Å²) in [5.41, 5.74) is 1.85. The third kappa shape index (κ3) is 5.39. The molecular formula is C18H32N2S. The fourth-order valence-corrected chi connectivity index (χ4v) is 4.09. The van der Waals surface area contributed by atoms with Crippen molar-refractivity contribution in [3.63, 3.8) is 0 Å². The van der Waals surface area contributed by atoms with Gasteiger partial charge in [0.25, 0.3) is 0 Å². The summed E-state index contributed by atoms with van der Waals surface area (Å²) in [6, 6.07) is 2.96. The summed E-state index contributed by atoms with van der Waals surface area (Å²) in [5.74, 6) is 0. The molecule has 1 unspecified atom stereocenters. The SMILES string of the molecule is CC1c2ccsc2CCN1CCCCCCNC(C)(C)C. The van der Waals surface area contributed by atoms with Crippen molar-refractivity contribution in [3.05, 3.63) is 21.9 Å². The van der Waals surface area contributed by atoms with Crippen LogP contribution in [0.25, 0.3) is 0 Å². The van der Waals surface area contributed by atoms with E-state index < -0.39 is 0 Å². The monoisotopic (exact) mass is 308 g/mol. The standard InChI is InChI=1S/C18H32N2S/c1-15-16-10-14-21-17(16)9-13-20(15)12-8-6-5-7-11-19-18(2,3)4/h10,14-15,19H,5-9,11-13H2,1-4H3. The van der Waals surface area contributed by atoms with Crippen LogP contribution >= 0.6 is 11.3 Å². The average molecular weight is 309 g/mol. The zero-order valence-electron chi connectivity index (χ0n) is 14.2. The molecule has 1 aliphatic rings. The third-order valence-corrected chi connectivity index (χ3v) is 5.43. The van der Waals surface area contributed by atoms with Crippen molar-refractivity contribution in [2.24, 2.45) is 0 Å². The van der Waals surface area contributed by atoms with Crippen LogP contribution in [0.5, 0.6) is 0 Å². The summed E-state index contributed by atoms with van der Waals surface area (Å²) in [5, 5.41) is 5.82. The first-order chi connectivity index (χ1) is 9.97. The second-order valence-corrected chi connectivity index (χ2v) is 8.35. The van der Waals surface area contributed by atoms with Crippen molar-refractivity contribution in [2.75, 3.05) is 19.6 Å². The molecule has 2 nitrogen and oxygen atoms in total. The number of nitrogens with zero attached hydrogens (tertiary/aromatic N) is 1. The van der Waals surface area contributed by atoms with E-state index in [2.05, 4.69) is 49.4 Å². The minimum atomic E-state index is 0.265. The summed E-state index contributed by atoms with van der Waals surface area (Å²) in [6.45, 7) is 12.8. The molecule has 1 aromatic rings. The van der Waals surface area contributed by atoms with E-state index in [1.807, 2.05) is 11.3 Å². The highest BCUT2D eigenvalue weighted by molar-refractivity contribution is 7.10. The average Bonchev–Trinajstić information content (AvgIpc) is 2.88. The van der Waals surface area contributed by atoms with Crippen LogP contribution in [0.1, 0.15) is 69.9 Å². The number of nitrogens with one attached hydrogen (secondary N) is 1. The molecular weight excluding hydrogens is 276 g/mol. The van der Waals surface area contributed by atoms with Gasteiger partial charge in [-0.05, 0) is 77.1 Å². The lowest BCUT2D eigenvalue weighted by molar-refractivity contribution is 0.196. The molecule has 0 fully saturated rings. The van der Waals surface area contributed by atoms with Crippen molar-refractivity contribution in [1.82, 2.24) is 10.2 Å². The van der Waals surface area contributed by atoms with Gasteiger partial charge in [0.1, 0.15) is 0 Å². The Balaban J connectivity index is 1.58. The fourth-order valence-electron chi connectivity index (χ4n) is 3.12. The lowest BCUT2D eigenvalue weighted by atomic mass is 10.0. The molecule has 0 saturated carbocycles. The molecule has 0 spiro atoms. The Labute approximate surface area is 134 Å². The van der Waals surface area contributed by atoms with Gasteiger partial charge in [0.15, 0.2) is 0 Å². The molecule has 21 heavy (non-hydrogen) atoms. The van der Waals surface area contributed by atoms with Crippen LogP contribution < -0.4 is 5.32 Å². The predicted octanol–water partition coefficient (Wildman–Crippen LogP) is 4.62. The highest BCUT2D eigenvalue weighted by Gasteiger charge is 2.23. The molecule has 1 aromatic heterocycles. The minimum absolute atomic E-state index is 0.265. The van der Waals surface area contributed by atoms with Crippen LogP contribution in [-0.2, 0) is 6.42 Å². The fraction of sp³-hybridized carbons (Fsp3) is 0.778. The molecule has 0 radical (unpaired) electrons. The molecule has 0 saturated heterocycles. The summed E-state index contributed by atoms with van der Waals surface area (Å²) in [6.07, 6.45) is 6.63. The van der Waals surface area contributed by atoms with Crippen LogP contribution in [0.2, 0.25) is 0 Å². The number of hydrogen-bond donors (Lipinski definition) is 1. The Morgan fingerprint density at radius 3 is 2.76 bits per heavy atom. The zero-order valence-corrected chi connectivity index (χ0v) is 15.1. The van der Waals surface area contributed by atoms with Crippen LogP contribution in [0.4, 0.5) is 0 Å². The Bertz CT molecular complexity index is 419. The van der Waals surface area contributed by atoms with Crippen LogP contribution in [0.15, 0.2) is 11.4 Å². The Kier molecular flexibility index (Phi) is 6.27. The smallest absolute Gasteiger partial charge is 0.0331 e. The van der Waals surface area contributed by atoms with Crippen molar-refractivity contribution >= 4 is 11.3 Å². The van der Waals surface area contributed by atoms with Crippen LogP contribution in [0.3, 0.4) is 0 Å². The number of thiophene rings is 1. The second-order valence-electron chi connectivity index (χ2n) is 7.35. The molecule has 3 heteroatoms. The van der Waals surface area contributed by atoms with Gasteiger partial charge in [0.05, 0.1) is 0 Å². The molecule has 1 N–H and O–H groups in total. The van der Waals surface area contributed by atoms with E-state index in [4.69, 9.17) is 0 Å². The Morgan fingerprint density at radius 1 is 1.24 bits per heavy atom. The van der Waals surface area contributed by atoms with E-state index in [1.54, 1.807) is 10.4 Å². The van der Waals surface area contributed by atoms with E-state index in [0.29, 0.717) is 6.04 Å². The molecule has 0 bridgehead atoms. The molecule has 120 valence electrons. The summed E-state index contributed by atoms with van der Waals surface area (Å²) >= 11 is 1.94. The molecule has 0 aromatic carbocycles. The maximum Gasteiger partial charge on any atom is 0.0331 e. The van der Waals surface area contributed by atoms with Gasteiger partial charge in [-0.3, -0.25) is 4.90 Å². The predicted molar refractivity (Wildman–Crippen MR) is 94.2 cm³/mol. The lowest BCUT2D eigenvalue weighted by Crippen LogP contribution is -2.36. The van der Waals surface area contributed by atoms with Gasteiger partial charge in [0, 0.05) is 23.0 Å². The van der Waals surface area contributed by atoms with Gasteiger partial charge >= 0.3 is 0 Å². The van der Waals surface area contributed by atoms with E-state index in [1.165, 1.54) is 45.2 Å². The van der Waals surface area contributed by atoms with Crippen molar-refractivity contribution in [2.45, 2.75) is 71.4 Å². The molecule has 1 atom stereocenters.